The smallest absolute Gasteiger partial charge is 0.120 e. The third kappa shape index (κ3) is 3.08. The Balaban J connectivity index is 3.70. The number of rotatable bonds is 2. The molecule has 0 saturated carbocycles. The zero-order valence-electron chi connectivity index (χ0n) is 6.26. The van der Waals surface area contributed by atoms with E-state index in [1.807, 2.05) is 13.8 Å². The summed E-state index contributed by atoms with van der Waals surface area (Å²) < 4.78 is 0. The average Bonchev–Trinajstić information content (AvgIpc) is 1.87. The molecule has 3 nitrogen and oxygen atoms in total. The van der Waals surface area contributed by atoms with Crippen molar-refractivity contribution in [3.63, 3.8) is 0 Å². The van der Waals surface area contributed by atoms with Crippen LogP contribution in [0.1, 0.15) is 20.8 Å². The van der Waals surface area contributed by atoms with Gasteiger partial charge in [-0.1, -0.05) is 0 Å². The molecule has 0 fully saturated rings. The topological polar surface area (TPSA) is 35.8 Å². The lowest BCUT2D eigenvalue weighted by Crippen LogP contribution is -2.24. The Morgan fingerprint density at radius 3 is 2.44 bits per heavy atom. The standard InChI is InChI=1S/C6H14N2O/c1-4-7-6(3)8(9)5-2/h9H,4-5H2,1-3H3. The SMILES string of the molecule is CCN=C(C)N(O)CC. The molecular formula is C6H14N2O. The summed E-state index contributed by atoms with van der Waals surface area (Å²) in [6.45, 7) is 6.91. The number of hydrogen-bond donors (Lipinski definition) is 1. The van der Waals surface area contributed by atoms with E-state index in [0.29, 0.717) is 12.4 Å². The van der Waals surface area contributed by atoms with Crippen LogP contribution in [0.2, 0.25) is 0 Å². The summed E-state index contributed by atoms with van der Waals surface area (Å²) in [6.07, 6.45) is 0. The monoisotopic (exact) mass is 130 g/mol. The van der Waals surface area contributed by atoms with Gasteiger partial charge in [0.15, 0.2) is 0 Å². The molecule has 9 heavy (non-hydrogen) atoms. The van der Waals surface area contributed by atoms with Crippen LogP contribution in [0.25, 0.3) is 0 Å². The van der Waals surface area contributed by atoms with Crippen molar-refractivity contribution < 1.29 is 5.21 Å². The Labute approximate surface area is 56.0 Å². The van der Waals surface area contributed by atoms with Crippen LogP contribution >= 0.6 is 0 Å². The fourth-order valence-corrected chi connectivity index (χ4v) is 0.539. The largest absolute Gasteiger partial charge is 0.287 e. The summed E-state index contributed by atoms with van der Waals surface area (Å²) in [5.74, 6) is 0.681. The van der Waals surface area contributed by atoms with Gasteiger partial charge in [-0.3, -0.25) is 10.2 Å². The fraction of sp³-hybridized carbons (Fsp3) is 0.833. The normalized spacial score (nSPS) is 11.8. The van der Waals surface area contributed by atoms with Crippen LogP contribution in [0, 0.1) is 0 Å². The van der Waals surface area contributed by atoms with Crippen molar-refractivity contribution in [2.45, 2.75) is 20.8 Å². The van der Waals surface area contributed by atoms with Crippen molar-refractivity contribution in [1.82, 2.24) is 5.06 Å². The van der Waals surface area contributed by atoms with E-state index in [9.17, 15) is 0 Å². The highest BCUT2D eigenvalue weighted by atomic mass is 16.5. The first kappa shape index (κ1) is 8.43. The molecule has 0 saturated heterocycles. The van der Waals surface area contributed by atoms with Gasteiger partial charge in [-0.2, -0.15) is 0 Å². The van der Waals surface area contributed by atoms with Gasteiger partial charge in [0.1, 0.15) is 5.84 Å². The molecule has 0 aromatic heterocycles. The second-order valence-corrected chi connectivity index (χ2v) is 1.74. The van der Waals surface area contributed by atoms with Crippen molar-refractivity contribution in [3.8, 4) is 0 Å². The van der Waals surface area contributed by atoms with Gasteiger partial charge in [0.25, 0.3) is 0 Å². The molecule has 0 spiro atoms. The lowest BCUT2D eigenvalue weighted by Gasteiger charge is -2.12. The van der Waals surface area contributed by atoms with Crippen LogP contribution in [-0.2, 0) is 0 Å². The molecule has 0 rings (SSSR count). The molecule has 0 aromatic carbocycles. The van der Waals surface area contributed by atoms with E-state index in [1.54, 1.807) is 6.92 Å². The summed E-state index contributed by atoms with van der Waals surface area (Å²) in [4.78, 5) is 3.99. The van der Waals surface area contributed by atoms with Crippen molar-refractivity contribution in [1.29, 1.82) is 0 Å². The van der Waals surface area contributed by atoms with E-state index in [-0.39, 0.29) is 0 Å². The predicted octanol–water partition coefficient (Wildman–Crippen LogP) is 1.14. The highest BCUT2D eigenvalue weighted by Gasteiger charge is 1.95. The van der Waals surface area contributed by atoms with Crippen LogP contribution in [0.15, 0.2) is 4.99 Å². The van der Waals surface area contributed by atoms with Gasteiger partial charge in [0.05, 0.1) is 0 Å². The van der Waals surface area contributed by atoms with E-state index >= 15 is 0 Å². The van der Waals surface area contributed by atoms with Crippen LogP contribution in [0.5, 0.6) is 0 Å². The number of amidine groups is 1. The van der Waals surface area contributed by atoms with Crippen molar-refractivity contribution >= 4 is 5.84 Å². The van der Waals surface area contributed by atoms with Crippen LogP contribution in [-0.4, -0.2) is 29.2 Å². The number of hydroxylamine groups is 2. The second-order valence-electron chi connectivity index (χ2n) is 1.74. The molecule has 54 valence electrons. The van der Waals surface area contributed by atoms with E-state index in [4.69, 9.17) is 5.21 Å². The summed E-state index contributed by atoms with van der Waals surface area (Å²) in [5, 5.41) is 10.1. The van der Waals surface area contributed by atoms with Gasteiger partial charge < -0.3 is 0 Å². The van der Waals surface area contributed by atoms with Gasteiger partial charge in [0.2, 0.25) is 0 Å². The highest BCUT2D eigenvalue weighted by Crippen LogP contribution is 1.84. The van der Waals surface area contributed by atoms with Gasteiger partial charge in [-0.25, -0.2) is 5.06 Å². The van der Waals surface area contributed by atoms with Gasteiger partial charge in [-0.15, -0.1) is 0 Å². The second kappa shape index (κ2) is 4.32. The van der Waals surface area contributed by atoms with Gasteiger partial charge in [0, 0.05) is 13.1 Å². The number of hydrogen-bond acceptors (Lipinski definition) is 2. The van der Waals surface area contributed by atoms with E-state index in [0.717, 1.165) is 11.6 Å². The van der Waals surface area contributed by atoms with Crippen molar-refractivity contribution in [3.05, 3.63) is 0 Å². The lowest BCUT2D eigenvalue weighted by molar-refractivity contribution is -0.0102. The average molecular weight is 130 g/mol. The maximum atomic E-state index is 8.96. The Bertz CT molecular complexity index is 101. The molecule has 0 bridgehead atoms. The molecule has 0 heterocycles. The lowest BCUT2D eigenvalue weighted by atomic mass is 10.6. The van der Waals surface area contributed by atoms with Crippen LogP contribution < -0.4 is 0 Å². The minimum absolute atomic E-state index is 0.593. The first-order valence-electron chi connectivity index (χ1n) is 3.19. The Morgan fingerprint density at radius 1 is 1.56 bits per heavy atom. The van der Waals surface area contributed by atoms with E-state index < -0.39 is 0 Å². The molecule has 0 aliphatic heterocycles. The molecule has 1 N–H and O–H groups in total. The van der Waals surface area contributed by atoms with Crippen molar-refractivity contribution in [2.24, 2.45) is 4.99 Å². The molecule has 0 unspecified atom stereocenters. The summed E-state index contributed by atoms with van der Waals surface area (Å²) in [7, 11) is 0. The first-order chi connectivity index (χ1) is 4.22. The third-order valence-electron chi connectivity index (χ3n) is 1.06. The minimum Gasteiger partial charge on any atom is -0.287 e. The molecule has 0 radical (unpaired) electrons. The van der Waals surface area contributed by atoms with E-state index in [2.05, 4.69) is 4.99 Å². The Morgan fingerprint density at radius 2 is 2.11 bits per heavy atom. The summed E-state index contributed by atoms with van der Waals surface area (Å²) in [5.41, 5.74) is 0. The Hall–Kier alpha value is -0.570. The molecule has 0 aromatic rings. The molecule has 0 atom stereocenters. The fourth-order valence-electron chi connectivity index (χ4n) is 0.539. The maximum absolute atomic E-state index is 8.96. The predicted molar refractivity (Wildman–Crippen MR) is 37.8 cm³/mol. The zero-order chi connectivity index (χ0) is 7.28. The first-order valence-corrected chi connectivity index (χ1v) is 3.19. The summed E-state index contributed by atoms with van der Waals surface area (Å²) >= 11 is 0. The molecule has 3 heteroatoms. The van der Waals surface area contributed by atoms with Crippen LogP contribution in [0.4, 0.5) is 0 Å². The summed E-state index contributed by atoms with van der Waals surface area (Å²) in [6, 6.07) is 0. The molecule has 0 aliphatic rings. The third-order valence-corrected chi connectivity index (χ3v) is 1.06. The van der Waals surface area contributed by atoms with Gasteiger partial charge in [-0.05, 0) is 20.8 Å². The Kier molecular flexibility index (Phi) is 4.05. The van der Waals surface area contributed by atoms with Crippen LogP contribution in [0.3, 0.4) is 0 Å². The van der Waals surface area contributed by atoms with Crippen molar-refractivity contribution in [2.75, 3.05) is 13.1 Å². The number of aliphatic imine (C=N–C) groups is 1. The number of nitrogens with zero attached hydrogens (tertiary/aromatic N) is 2. The zero-order valence-corrected chi connectivity index (χ0v) is 6.26. The molecular weight excluding hydrogens is 116 g/mol. The molecule has 0 aliphatic carbocycles. The quantitative estimate of drug-likeness (QED) is 0.345. The van der Waals surface area contributed by atoms with Gasteiger partial charge >= 0.3 is 0 Å². The minimum atomic E-state index is 0.593. The molecule has 0 amide bonds. The highest BCUT2D eigenvalue weighted by molar-refractivity contribution is 5.78. The van der Waals surface area contributed by atoms with E-state index in [1.165, 1.54) is 0 Å². The maximum Gasteiger partial charge on any atom is 0.120 e.